The third kappa shape index (κ3) is 2.72. The van der Waals surface area contributed by atoms with E-state index >= 15 is 0 Å². The fourth-order valence-corrected chi connectivity index (χ4v) is 3.36. The van der Waals surface area contributed by atoms with Crippen LogP contribution in [0.15, 0.2) is 43.5 Å². The number of carbonyl (C=O) groups is 1. The van der Waals surface area contributed by atoms with Gasteiger partial charge in [-0.2, -0.15) is 0 Å². The number of halogens is 1. The monoisotopic (exact) mass is 313 g/mol. The third-order valence-electron chi connectivity index (χ3n) is 1.95. The molecule has 1 heterocycles. The lowest BCUT2D eigenvalue weighted by atomic mass is 10.2. The van der Waals surface area contributed by atoms with E-state index in [-0.39, 0.29) is 5.78 Å². The van der Waals surface area contributed by atoms with Crippen LogP contribution < -0.4 is 0 Å². The summed E-state index contributed by atoms with van der Waals surface area (Å²) >= 11 is 6.66. The van der Waals surface area contributed by atoms with E-state index in [2.05, 4.69) is 20.9 Å². The minimum atomic E-state index is 0.0755. The number of thiazole rings is 1. The van der Waals surface area contributed by atoms with Crippen molar-refractivity contribution >= 4 is 44.8 Å². The molecule has 2 rings (SSSR count). The first-order valence-corrected chi connectivity index (χ1v) is 7.03. The zero-order chi connectivity index (χ0) is 11.5. The lowest BCUT2D eigenvalue weighted by molar-refractivity contribution is 0.101. The summed E-state index contributed by atoms with van der Waals surface area (Å²) in [5.74, 6) is 0.0755. The zero-order valence-electron chi connectivity index (χ0n) is 8.44. The first-order chi connectivity index (χ1) is 7.66. The highest BCUT2D eigenvalue weighted by atomic mass is 79.9. The zero-order valence-corrected chi connectivity index (χ0v) is 11.7. The molecule has 2 aromatic rings. The van der Waals surface area contributed by atoms with Gasteiger partial charge in [0.05, 0.1) is 0 Å². The van der Waals surface area contributed by atoms with E-state index in [4.69, 9.17) is 0 Å². The molecule has 5 heteroatoms. The second kappa shape index (κ2) is 5.12. The van der Waals surface area contributed by atoms with E-state index in [1.165, 1.54) is 0 Å². The quantitative estimate of drug-likeness (QED) is 0.793. The van der Waals surface area contributed by atoms with Crippen LogP contribution in [0.1, 0.15) is 17.3 Å². The van der Waals surface area contributed by atoms with Crippen LogP contribution in [0, 0.1) is 0 Å². The van der Waals surface area contributed by atoms with Crippen molar-refractivity contribution in [3.05, 3.63) is 39.8 Å². The molecule has 0 aliphatic carbocycles. The number of rotatable bonds is 3. The summed E-state index contributed by atoms with van der Waals surface area (Å²) < 4.78 is 1.93. The lowest BCUT2D eigenvalue weighted by Gasteiger charge is -2.03. The van der Waals surface area contributed by atoms with Crippen molar-refractivity contribution in [2.24, 2.45) is 0 Å². The minimum Gasteiger partial charge on any atom is -0.295 e. The van der Waals surface area contributed by atoms with E-state index < -0.39 is 0 Å². The van der Waals surface area contributed by atoms with E-state index in [1.54, 1.807) is 36.2 Å². The highest BCUT2D eigenvalue weighted by molar-refractivity contribution is 9.10. The van der Waals surface area contributed by atoms with Gasteiger partial charge in [-0.15, -0.1) is 11.3 Å². The van der Waals surface area contributed by atoms with Gasteiger partial charge in [0.1, 0.15) is 0 Å². The number of Topliss-reactive ketones (excluding diaryl/α,β-unsaturated/α-hetero) is 1. The molecule has 0 atom stereocenters. The van der Waals surface area contributed by atoms with E-state index in [9.17, 15) is 4.79 Å². The van der Waals surface area contributed by atoms with Crippen LogP contribution in [-0.2, 0) is 0 Å². The number of hydrogen-bond donors (Lipinski definition) is 0. The molecule has 2 nitrogen and oxygen atoms in total. The highest BCUT2D eigenvalue weighted by Crippen LogP contribution is 2.34. The van der Waals surface area contributed by atoms with Gasteiger partial charge >= 0.3 is 0 Å². The Kier molecular flexibility index (Phi) is 3.78. The first kappa shape index (κ1) is 11.8. The lowest BCUT2D eigenvalue weighted by Crippen LogP contribution is -1.91. The molecule has 1 aromatic carbocycles. The van der Waals surface area contributed by atoms with Gasteiger partial charge in [0.25, 0.3) is 0 Å². The average molecular weight is 314 g/mol. The van der Waals surface area contributed by atoms with E-state index in [1.807, 2.05) is 23.6 Å². The Hall–Kier alpha value is -0.650. The topological polar surface area (TPSA) is 30.0 Å². The molecule has 0 saturated heterocycles. The number of benzene rings is 1. The largest absolute Gasteiger partial charge is 0.295 e. The van der Waals surface area contributed by atoms with Gasteiger partial charge in [-0.25, -0.2) is 4.98 Å². The predicted molar refractivity (Wildman–Crippen MR) is 70.4 cm³/mol. The molecular formula is C11H8BrNOS2. The minimum absolute atomic E-state index is 0.0755. The molecule has 0 spiro atoms. The van der Waals surface area contributed by atoms with Gasteiger partial charge < -0.3 is 0 Å². The Bertz CT molecular complexity index is 511. The van der Waals surface area contributed by atoms with Crippen molar-refractivity contribution in [1.29, 1.82) is 0 Å². The molecule has 0 saturated carbocycles. The predicted octanol–water partition coefficient (Wildman–Crippen LogP) is 4.26. The number of carbonyl (C=O) groups excluding carboxylic acids is 1. The molecule has 16 heavy (non-hydrogen) atoms. The fourth-order valence-electron chi connectivity index (χ4n) is 1.16. The molecule has 0 amide bonds. The SMILES string of the molecule is CC(=O)c1ccc(Sc2nccs2)c(Br)c1. The van der Waals surface area contributed by atoms with E-state index in [0.717, 1.165) is 19.3 Å². The molecule has 1 aromatic heterocycles. The maximum Gasteiger partial charge on any atom is 0.159 e. The number of nitrogens with zero attached hydrogens (tertiary/aromatic N) is 1. The smallest absolute Gasteiger partial charge is 0.159 e. The van der Waals surface area contributed by atoms with Crippen LogP contribution in [0.4, 0.5) is 0 Å². The Morgan fingerprint density at radius 1 is 1.50 bits per heavy atom. The number of aromatic nitrogens is 1. The van der Waals surface area contributed by atoms with Crippen LogP contribution in [0.2, 0.25) is 0 Å². The number of hydrogen-bond acceptors (Lipinski definition) is 4. The van der Waals surface area contributed by atoms with Crippen molar-refractivity contribution in [2.45, 2.75) is 16.2 Å². The summed E-state index contributed by atoms with van der Waals surface area (Å²) in [4.78, 5) is 16.5. The van der Waals surface area contributed by atoms with E-state index in [0.29, 0.717) is 0 Å². The van der Waals surface area contributed by atoms with Crippen LogP contribution in [0.5, 0.6) is 0 Å². The molecule has 0 aliphatic heterocycles. The average Bonchev–Trinajstić information content (AvgIpc) is 2.73. The summed E-state index contributed by atoms with van der Waals surface area (Å²) in [5.41, 5.74) is 0.718. The summed E-state index contributed by atoms with van der Waals surface area (Å²) in [5, 5.41) is 1.94. The van der Waals surface area contributed by atoms with Crippen LogP contribution in [0.25, 0.3) is 0 Å². The van der Waals surface area contributed by atoms with Crippen molar-refractivity contribution < 1.29 is 4.79 Å². The summed E-state index contributed by atoms with van der Waals surface area (Å²) in [6.07, 6.45) is 1.78. The highest BCUT2D eigenvalue weighted by Gasteiger charge is 2.07. The van der Waals surface area contributed by atoms with Gasteiger partial charge in [-0.05, 0) is 35.0 Å². The summed E-state index contributed by atoms with van der Waals surface area (Å²) in [7, 11) is 0. The molecule has 0 bridgehead atoms. The van der Waals surface area contributed by atoms with Crippen LogP contribution in [-0.4, -0.2) is 10.8 Å². The maximum absolute atomic E-state index is 11.2. The number of ketones is 1. The fraction of sp³-hybridized carbons (Fsp3) is 0.0909. The first-order valence-electron chi connectivity index (χ1n) is 4.54. The van der Waals surface area contributed by atoms with Crippen molar-refractivity contribution in [1.82, 2.24) is 4.98 Å². The third-order valence-corrected chi connectivity index (χ3v) is 4.82. The summed E-state index contributed by atoms with van der Waals surface area (Å²) in [6.45, 7) is 1.56. The molecule has 82 valence electrons. The van der Waals surface area contributed by atoms with Gasteiger partial charge in [0, 0.05) is 26.5 Å². The van der Waals surface area contributed by atoms with Gasteiger partial charge in [0.2, 0.25) is 0 Å². The van der Waals surface area contributed by atoms with Gasteiger partial charge in [-0.1, -0.05) is 17.8 Å². The second-order valence-electron chi connectivity index (χ2n) is 3.10. The normalized spacial score (nSPS) is 10.4. The Morgan fingerprint density at radius 3 is 2.88 bits per heavy atom. The molecular weight excluding hydrogens is 306 g/mol. The maximum atomic E-state index is 11.2. The standard InChI is InChI=1S/C11H8BrNOS2/c1-7(14)8-2-3-10(9(12)6-8)16-11-13-4-5-15-11/h2-6H,1H3. The van der Waals surface area contributed by atoms with Gasteiger partial charge in [0.15, 0.2) is 10.1 Å². The molecule has 0 unspecified atom stereocenters. The second-order valence-corrected chi connectivity index (χ2v) is 6.14. The molecule has 0 radical (unpaired) electrons. The molecule has 0 N–H and O–H groups in total. The Labute approximate surface area is 110 Å². The summed E-state index contributed by atoms with van der Waals surface area (Å²) in [6, 6.07) is 5.62. The van der Waals surface area contributed by atoms with Crippen molar-refractivity contribution in [3.63, 3.8) is 0 Å². The van der Waals surface area contributed by atoms with Crippen molar-refractivity contribution in [2.75, 3.05) is 0 Å². The van der Waals surface area contributed by atoms with Crippen LogP contribution in [0.3, 0.4) is 0 Å². The van der Waals surface area contributed by atoms with Gasteiger partial charge in [-0.3, -0.25) is 4.79 Å². The van der Waals surface area contributed by atoms with Crippen molar-refractivity contribution in [3.8, 4) is 0 Å². The van der Waals surface area contributed by atoms with Crippen LogP contribution >= 0.6 is 39.0 Å². The molecule has 0 aliphatic rings. The Morgan fingerprint density at radius 2 is 2.31 bits per heavy atom. The molecule has 0 fully saturated rings. The Balaban J connectivity index is 2.26.